The summed E-state index contributed by atoms with van der Waals surface area (Å²) in [7, 11) is 1.90. The van der Waals surface area contributed by atoms with Crippen LogP contribution in [0.4, 0.5) is 0 Å². The number of nitrogens with zero attached hydrogens (tertiary/aromatic N) is 1. The van der Waals surface area contributed by atoms with Gasteiger partial charge in [0.1, 0.15) is 0 Å². The summed E-state index contributed by atoms with van der Waals surface area (Å²) in [6.45, 7) is 2.04. The lowest BCUT2D eigenvalue weighted by Gasteiger charge is -2.24. The molecule has 0 unspecified atom stereocenters. The Morgan fingerprint density at radius 1 is 1.33 bits per heavy atom. The van der Waals surface area contributed by atoms with Gasteiger partial charge in [0.15, 0.2) is 0 Å². The largest absolute Gasteiger partial charge is 0.395 e. The zero-order valence-electron chi connectivity index (χ0n) is 12.9. The Balaban J connectivity index is 2.18. The molecule has 21 heavy (non-hydrogen) atoms. The average Bonchev–Trinajstić information content (AvgIpc) is 2.99. The Labute approximate surface area is 127 Å². The van der Waals surface area contributed by atoms with E-state index < -0.39 is 0 Å². The first-order valence-electron chi connectivity index (χ1n) is 7.60. The molecular weight excluding hydrogens is 262 g/mol. The van der Waals surface area contributed by atoms with E-state index in [1.165, 1.54) is 12.8 Å². The fourth-order valence-electron chi connectivity index (χ4n) is 2.86. The molecule has 2 rings (SSSR count). The highest BCUT2D eigenvalue weighted by Crippen LogP contribution is 2.24. The number of hydrogen-bond donors (Lipinski definition) is 1. The molecule has 1 fully saturated rings. The van der Waals surface area contributed by atoms with Crippen molar-refractivity contribution >= 4 is 5.91 Å². The summed E-state index contributed by atoms with van der Waals surface area (Å²) in [5.74, 6) is 5.99. The van der Waals surface area contributed by atoms with Crippen molar-refractivity contribution in [3.05, 3.63) is 34.9 Å². The maximum Gasteiger partial charge on any atom is 0.253 e. The third-order valence-corrected chi connectivity index (χ3v) is 3.99. The van der Waals surface area contributed by atoms with E-state index in [1.807, 2.05) is 37.1 Å². The first kappa shape index (κ1) is 15.6. The molecule has 0 aromatic heterocycles. The van der Waals surface area contributed by atoms with Gasteiger partial charge in [-0.15, -0.1) is 0 Å². The van der Waals surface area contributed by atoms with Crippen LogP contribution in [-0.4, -0.2) is 35.6 Å². The molecule has 0 radical (unpaired) electrons. The van der Waals surface area contributed by atoms with Gasteiger partial charge in [-0.25, -0.2) is 0 Å². The molecule has 0 atom stereocenters. The molecule has 112 valence electrons. The second-order valence-corrected chi connectivity index (χ2v) is 5.72. The molecule has 0 saturated heterocycles. The van der Waals surface area contributed by atoms with Crippen LogP contribution >= 0.6 is 0 Å². The number of carbonyl (C=O) groups is 1. The molecule has 0 heterocycles. The lowest BCUT2D eigenvalue weighted by molar-refractivity contribution is 0.0735. The molecule has 1 amide bonds. The van der Waals surface area contributed by atoms with E-state index in [-0.39, 0.29) is 12.5 Å². The van der Waals surface area contributed by atoms with Crippen molar-refractivity contribution in [2.75, 3.05) is 13.7 Å². The van der Waals surface area contributed by atoms with Gasteiger partial charge in [-0.3, -0.25) is 4.79 Å². The van der Waals surface area contributed by atoms with Crippen molar-refractivity contribution < 1.29 is 9.90 Å². The molecule has 1 aromatic carbocycles. The molecule has 0 spiro atoms. The van der Waals surface area contributed by atoms with Gasteiger partial charge in [0.2, 0.25) is 0 Å². The summed E-state index contributed by atoms with van der Waals surface area (Å²) in [6.07, 6.45) is 5.11. The molecule has 0 aliphatic heterocycles. The van der Waals surface area contributed by atoms with Gasteiger partial charge in [0, 0.05) is 30.6 Å². The smallest absolute Gasteiger partial charge is 0.253 e. The summed E-state index contributed by atoms with van der Waals surface area (Å²) in [6, 6.07) is 6.12. The topological polar surface area (TPSA) is 40.5 Å². The summed E-state index contributed by atoms with van der Waals surface area (Å²) >= 11 is 0. The molecule has 3 nitrogen and oxygen atoms in total. The predicted octanol–water partition coefficient (Wildman–Crippen LogP) is 2.74. The number of carbonyl (C=O) groups excluding carboxylic acids is 1. The average molecular weight is 285 g/mol. The molecule has 3 heteroatoms. The minimum atomic E-state index is 0.0645. The van der Waals surface area contributed by atoms with Gasteiger partial charge in [-0.2, -0.15) is 0 Å². The highest BCUT2D eigenvalue weighted by atomic mass is 16.2. The Kier molecular flexibility index (Phi) is 5.41. The second-order valence-electron chi connectivity index (χ2n) is 5.72. The van der Waals surface area contributed by atoms with E-state index in [0.29, 0.717) is 18.0 Å². The third-order valence-electron chi connectivity index (χ3n) is 3.99. The highest BCUT2D eigenvalue weighted by Gasteiger charge is 2.24. The first-order valence-corrected chi connectivity index (χ1v) is 7.60. The minimum Gasteiger partial charge on any atom is -0.395 e. The molecule has 1 N–H and O–H groups in total. The zero-order chi connectivity index (χ0) is 15.2. The highest BCUT2D eigenvalue weighted by molar-refractivity contribution is 5.94. The normalized spacial score (nSPS) is 14.6. The van der Waals surface area contributed by atoms with Gasteiger partial charge >= 0.3 is 0 Å². The van der Waals surface area contributed by atoms with E-state index in [0.717, 1.165) is 24.0 Å². The molecular formula is C18H23NO2. The maximum absolute atomic E-state index is 12.6. The number of aliphatic hydroxyl groups excluding tert-OH is 1. The quantitative estimate of drug-likeness (QED) is 0.868. The van der Waals surface area contributed by atoms with E-state index in [4.69, 9.17) is 5.11 Å². The summed E-state index contributed by atoms with van der Waals surface area (Å²) in [4.78, 5) is 14.5. The van der Waals surface area contributed by atoms with Crippen molar-refractivity contribution in [1.29, 1.82) is 0 Å². The van der Waals surface area contributed by atoms with Crippen LogP contribution in [-0.2, 0) is 0 Å². The van der Waals surface area contributed by atoms with Crippen molar-refractivity contribution in [2.45, 2.75) is 45.1 Å². The molecule has 1 aromatic rings. The Morgan fingerprint density at radius 2 is 2.05 bits per heavy atom. The van der Waals surface area contributed by atoms with Crippen LogP contribution in [0.15, 0.2) is 18.2 Å². The monoisotopic (exact) mass is 285 g/mol. The van der Waals surface area contributed by atoms with E-state index in [9.17, 15) is 4.79 Å². The van der Waals surface area contributed by atoms with Crippen molar-refractivity contribution in [2.24, 2.45) is 0 Å². The Bertz CT molecular complexity index is 562. The number of benzene rings is 1. The minimum absolute atomic E-state index is 0.0645. The second kappa shape index (κ2) is 7.28. The van der Waals surface area contributed by atoms with Crippen LogP contribution in [0.2, 0.25) is 0 Å². The van der Waals surface area contributed by atoms with Crippen molar-refractivity contribution in [3.8, 4) is 11.8 Å². The van der Waals surface area contributed by atoms with Crippen LogP contribution in [0.5, 0.6) is 0 Å². The fraction of sp³-hybridized carbons (Fsp3) is 0.500. The Hall–Kier alpha value is -1.79. The number of amides is 1. The van der Waals surface area contributed by atoms with Crippen LogP contribution in [0.25, 0.3) is 0 Å². The van der Waals surface area contributed by atoms with E-state index >= 15 is 0 Å². The van der Waals surface area contributed by atoms with E-state index in [1.54, 1.807) is 0 Å². The van der Waals surface area contributed by atoms with Crippen molar-refractivity contribution in [3.63, 3.8) is 0 Å². The van der Waals surface area contributed by atoms with Crippen LogP contribution in [0, 0.1) is 18.8 Å². The van der Waals surface area contributed by atoms with Crippen molar-refractivity contribution in [1.82, 2.24) is 4.90 Å². The lowest BCUT2D eigenvalue weighted by Crippen LogP contribution is -2.35. The third kappa shape index (κ3) is 4.09. The van der Waals surface area contributed by atoms with Crippen LogP contribution < -0.4 is 0 Å². The standard InChI is InChI=1S/C18H23NO2/c1-14-11-15(7-5-6-10-20)13-16(12-14)18(21)19(2)17-8-3-4-9-17/h11-13,17,20H,3-4,6,8-10H2,1-2H3. The van der Waals surface area contributed by atoms with Gasteiger partial charge in [0.05, 0.1) is 6.61 Å². The number of aliphatic hydroxyl groups is 1. The zero-order valence-corrected chi connectivity index (χ0v) is 12.9. The van der Waals surface area contributed by atoms with Crippen LogP contribution in [0.1, 0.15) is 53.6 Å². The number of rotatable bonds is 3. The first-order chi connectivity index (χ1) is 10.1. The van der Waals surface area contributed by atoms with Gasteiger partial charge in [-0.1, -0.05) is 24.7 Å². The number of aryl methyl sites for hydroxylation is 1. The summed E-state index contributed by atoms with van der Waals surface area (Å²) < 4.78 is 0. The van der Waals surface area contributed by atoms with Gasteiger partial charge in [-0.05, 0) is 43.5 Å². The lowest BCUT2D eigenvalue weighted by atomic mass is 10.0. The molecule has 1 saturated carbocycles. The number of hydrogen-bond acceptors (Lipinski definition) is 2. The fourth-order valence-corrected chi connectivity index (χ4v) is 2.86. The molecule has 1 aliphatic rings. The maximum atomic E-state index is 12.6. The molecule has 1 aliphatic carbocycles. The van der Waals surface area contributed by atoms with E-state index in [2.05, 4.69) is 11.8 Å². The molecule has 0 bridgehead atoms. The van der Waals surface area contributed by atoms with Crippen LogP contribution in [0.3, 0.4) is 0 Å². The SMILES string of the molecule is Cc1cc(C#CCCO)cc(C(=O)N(C)C2CCCC2)c1. The Morgan fingerprint density at radius 3 is 2.71 bits per heavy atom. The van der Waals surface area contributed by atoms with Gasteiger partial charge < -0.3 is 10.0 Å². The van der Waals surface area contributed by atoms with Gasteiger partial charge in [0.25, 0.3) is 5.91 Å². The predicted molar refractivity (Wildman–Crippen MR) is 84.1 cm³/mol. The summed E-state index contributed by atoms with van der Waals surface area (Å²) in [5.41, 5.74) is 2.58. The summed E-state index contributed by atoms with van der Waals surface area (Å²) in [5, 5.41) is 8.77.